The molecule has 2 unspecified atom stereocenters. The lowest BCUT2D eigenvalue weighted by Crippen LogP contribution is -2.22. The second-order valence-corrected chi connectivity index (χ2v) is 8.53. The number of halogens is 1. The molecule has 0 spiro atoms. The van der Waals surface area contributed by atoms with Crippen LogP contribution in [-0.4, -0.2) is 22.0 Å². The number of fused-ring (bicyclic) bond motifs is 2. The number of rotatable bonds is 3. The van der Waals surface area contributed by atoms with Crippen LogP contribution in [0.2, 0.25) is 0 Å². The van der Waals surface area contributed by atoms with E-state index in [1.54, 1.807) is 6.08 Å². The molecule has 1 heterocycles. The van der Waals surface area contributed by atoms with E-state index in [1.165, 1.54) is 6.42 Å². The lowest BCUT2D eigenvalue weighted by atomic mass is 9.89. The highest BCUT2D eigenvalue weighted by Gasteiger charge is 2.54. The molecule has 0 bridgehead atoms. The van der Waals surface area contributed by atoms with E-state index in [0.29, 0.717) is 12.0 Å². The molecule has 0 amide bonds. The predicted molar refractivity (Wildman–Crippen MR) is 111 cm³/mol. The summed E-state index contributed by atoms with van der Waals surface area (Å²) in [6, 6.07) is 5.60. The van der Waals surface area contributed by atoms with E-state index in [-0.39, 0.29) is 34.9 Å². The van der Waals surface area contributed by atoms with Crippen LogP contribution in [0.15, 0.2) is 42.3 Å². The minimum Gasteiger partial charge on any atom is -0.425 e. The monoisotopic (exact) mass is 392 g/mol. The van der Waals surface area contributed by atoms with Crippen molar-refractivity contribution in [1.29, 1.82) is 10.8 Å². The van der Waals surface area contributed by atoms with Crippen LogP contribution in [0.4, 0.5) is 4.39 Å². The Labute approximate surface area is 169 Å². The van der Waals surface area contributed by atoms with Crippen LogP contribution in [0.5, 0.6) is 0 Å². The normalized spacial score (nSPS) is 26.5. The molecule has 2 aromatic rings. The minimum atomic E-state index is -0.237. The van der Waals surface area contributed by atoms with E-state index in [0.717, 1.165) is 48.7 Å². The molecule has 29 heavy (non-hydrogen) atoms. The zero-order valence-corrected chi connectivity index (χ0v) is 16.3. The van der Waals surface area contributed by atoms with Crippen LogP contribution < -0.4 is 0 Å². The number of nitrogens with zero attached hydrogens (tertiary/aromatic N) is 1. The molecule has 3 N–H and O–H groups in total. The second kappa shape index (κ2) is 6.94. The van der Waals surface area contributed by atoms with Gasteiger partial charge in [0, 0.05) is 28.7 Å². The number of allylic oxidation sites excluding steroid dienone is 4. The molecule has 5 nitrogen and oxygen atoms in total. The molecule has 1 aromatic heterocycles. The van der Waals surface area contributed by atoms with Gasteiger partial charge in [0.2, 0.25) is 5.90 Å². The highest BCUT2D eigenvalue weighted by molar-refractivity contribution is 6.02. The second-order valence-electron chi connectivity index (χ2n) is 8.53. The maximum absolute atomic E-state index is 13.8. The van der Waals surface area contributed by atoms with E-state index in [1.807, 2.05) is 24.3 Å². The van der Waals surface area contributed by atoms with Gasteiger partial charge in [0.15, 0.2) is 5.90 Å². The van der Waals surface area contributed by atoms with Gasteiger partial charge in [-0.2, -0.15) is 5.10 Å². The number of hydrogen-bond acceptors (Lipinski definition) is 4. The van der Waals surface area contributed by atoms with Crippen LogP contribution in [0.1, 0.15) is 56.2 Å². The van der Waals surface area contributed by atoms with Crippen LogP contribution in [0.25, 0.3) is 10.9 Å². The Bertz CT molecular complexity index is 1050. The van der Waals surface area contributed by atoms with Gasteiger partial charge in [0.25, 0.3) is 0 Å². The number of benzene rings is 1. The van der Waals surface area contributed by atoms with E-state index in [9.17, 15) is 4.39 Å². The zero-order chi connectivity index (χ0) is 20.0. The molecule has 2 fully saturated rings. The summed E-state index contributed by atoms with van der Waals surface area (Å²) in [6.07, 6.45) is 12.3. The predicted octanol–water partition coefficient (Wildman–Crippen LogP) is 5.53. The van der Waals surface area contributed by atoms with Gasteiger partial charge < -0.3 is 4.74 Å². The lowest BCUT2D eigenvalue weighted by molar-refractivity contribution is 0.380. The Morgan fingerprint density at radius 1 is 1.21 bits per heavy atom. The fourth-order valence-electron chi connectivity index (χ4n) is 4.87. The molecule has 6 heteroatoms. The Balaban J connectivity index is 1.41. The maximum Gasteiger partial charge on any atom is 0.220 e. The van der Waals surface area contributed by atoms with E-state index < -0.39 is 0 Å². The van der Waals surface area contributed by atoms with Crippen molar-refractivity contribution in [2.75, 3.05) is 0 Å². The number of nitrogens with one attached hydrogen (secondary N) is 3. The third kappa shape index (κ3) is 3.20. The lowest BCUT2D eigenvalue weighted by Gasteiger charge is -2.22. The summed E-state index contributed by atoms with van der Waals surface area (Å²) < 4.78 is 19.4. The van der Waals surface area contributed by atoms with E-state index in [4.69, 9.17) is 15.6 Å². The standard InChI is InChI=1S/C23H25FN4O/c24-17-7-4-10-23(13-16(23)12-17)20-18-11-15(8-9-19(18)27-28-20)22(26)29-21(25)14-5-2-1-3-6-14/h4,8-12,14,16,25-26H,1-3,5-7,13H2,(H,27,28). The summed E-state index contributed by atoms with van der Waals surface area (Å²) in [7, 11) is 0. The van der Waals surface area contributed by atoms with Crippen LogP contribution in [0.3, 0.4) is 0 Å². The van der Waals surface area contributed by atoms with Crippen molar-refractivity contribution in [3.63, 3.8) is 0 Å². The SMILES string of the molecule is N=C(OC(=N)C1CCCCC1)c1ccc2n[nH]c(C34C=CCC(F)=CC3C4)c2c1. The van der Waals surface area contributed by atoms with Gasteiger partial charge in [-0.3, -0.25) is 15.9 Å². The molecule has 3 aliphatic carbocycles. The maximum atomic E-state index is 13.8. The molecule has 5 rings (SSSR count). The topological polar surface area (TPSA) is 85.6 Å². The largest absolute Gasteiger partial charge is 0.425 e. The van der Waals surface area contributed by atoms with Crippen molar-refractivity contribution in [3.05, 3.63) is 53.5 Å². The van der Waals surface area contributed by atoms with Gasteiger partial charge in [-0.05, 0) is 49.5 Å². The summed E-state index contributed by atoms with van der Waals surface area (Å²) >= 11 is 0. The third-order valence-corrected chi connectivity index (χ3v) is 6.64. The van der Waals surface area contributed by atoms with Crippen molar-refractivity contribution in [2.45, 2.75) is 50.4 Å². The first-order chi connectivity index (χ1) is 14.1. The summed E-state index contributed by atoms with van der Waals surface area (Å²) in [5.74, 6) is 0.397. The van der Waals surface area contributed by atoms with Crippen molar-refractivity contribution in [1.82, 2.24) is 10.2 Å². The smallest absolute Gasteiger partial charge is 0.220 e. The van der Waals surface area contributed by atoms with Crippen LogP contribution in [0, 0.1) is 22.7 Å². The molecule has 150 valence electrons. The molecule has 0 aliphatic heterocycles. The van der Waals surface area contributed by atoms with Gasteiger partial charge in [0.05, 0.1) is 11.2 Å². The average Bonchev–Trinajstić information content (AvgIpc) is 3.27. The average molecular weight is 392 g/mol. The molecule has 0 radical (unpaired) electrons. The first kappa shape index (κ1) is 18.3. The Morgan fingerprint density at radius 2 is 2.03 bits per heavy atom. The third-order valence-electron chi connectivity index (χ3n) is 6.64. The highest BCUT2D eigenvalue weighted by atomic mass is 19.1. The molecule has 2 atom stereocenters. The van der Waals surface area contributed by atoms with Gasteiger partial charge >= 0.3 is 0 Å². The fourth-order valence-corrected chi connectivity index (χ4v) is 4.87. The highest BCUT2D eigenvalue weighted by Crippen LogP contribution is 2.58. The van der Waals surface area contributed by atoms with Crippen molar-refractivity contribution in [3.8, 4) is 0 Å². The molecular formula is C23H25FN4O. The number of ether oxygens (including phenoxy) is 1. The van der Waals surface area contributed by atoms with Gasteiger partial charge in [0.1, 0.15) is 5.83 Å². The molecule has 2 saturated carbocycles. The number of H-pyrrole nitrogens is 1. The molecule has 1 aromatic carbocycles. The van der Waals surface area contributed by atoms with Crippen molar-refractivity contribution in [2.24, 2.45) is 11.8 Å². The van der Waals surface area contributed by atoms with Crippen LogP contribution in [-0.2, 0) is 10.2 Å². The minimum absolute atomic E-state index is 0.00168. The van der Waals surface area contributed by atoms with Crippen molar-refractivity contribution >= 4 is 22.7 Å². The summed E-state index contributed by atoms with van der Waals surface area (Å²) in [5.41, 5.74) is 2.19. The van der Waals surface area contributed by atoms with Crippen molar-refractivity contribution < 1.29 is 9.13 Å². The molecular weight excluding hydrogens is 367 g/mol. The van der Waals surface area contributed by atoms with E-state index >= 15 is 0 Å². The van der Waals surface area contributed by atoms with Gasteiger partial charge in [-0.1, -0.05) is 31.4 Å². The summed E-state index contributed by atoms with van der Waals surface area (Å²) in [4.78, 5) is 0. The molecule has 3 aliphatic rings. The number of aromatic nitrogens is 2. The zero-order valence-electron chi connectivity index (χ0n) is 16.3. The molecule has 0 saturated heterocycles. The number of aromatic amines is 1. The quantitative estimate of drug-likeness (QED) is 0.364. The fraction of sp³-hybridized carbons (Fsp3) is 0.435. The Hall–Kier alpha value is -2.76. The Kier molecular flexibility index (Phi) is 4.37. The van der Waals surface area contributed by atoms with Gasteiger partial charge in [-0.25, -0.2) is 4.39 Å². The van der Waals surface area contributed by atoms with E-state index in [2.05, 4.69) is 16.3 Å². The van der Waals surface area contributed by atoms with Gasteiger partial charge in [-0.15, -0.1) is 0 Å². The van der Waals surface area contributed by atoms with Crippen LogP contribution >= 0.6 is 0 Å². The number of hydrogen-bond donors (Lipinski definition) is 3. The first-order valence-corrected chi connectivity index (χ1v) is 10.4. The summed E-state index contributed by atoms with van der Waals surface area (Å²) in [6.45, 7) is 0. The Morgan fingerprint density at radius 3 is 2.86 bits per heavy atom. The summed E-state index contributed by atoms with van der Waals surface area (Å²) in [5, 5.41) is 25.1. The first-order valence-electron chi connectivity index (χ1n) is 10.4.